The number of alkyl halides is 4. The molecule has 3 aromatic heterocycles. The summed E-state index contributed by atoms with van der Waals surface area (Å²) in [7, 11) is 0. The number of nitrogens with two attached hydrogens (primary N) is 1. The average molecular weight is 725 g/mol. The van der Waals surface area contributed by atoms with Gasteiger partial charge < -0.3 is 15.4 Å². The molecular formula is C33H26F6N10OS. The van der Waals surface area contributed by atoms with E-state index in [-0.39, 0.29) is 76.2 Å². The van der Waals surface area contributed by atoms with Crippen molar-refractivity contribution in [1.82, 2.24) is 29.9 Å². The molecule has 3 aliphatic rings. The monoisotopic (exact) mass is 724 g/mol. The normalized spacial score (nSPS) is 21.9. The van der Waals surface area contributed by atoms with Crippen molar-refractivity contribution in [2.75, 3.05) is 30.3 Å². The zero-order chi connectivity index (χ0) is 36.0. The summed E-state index contributed by atoms with van der Waals surface area (Å²) in [4.78, 5) is 12.5. The third-order valence-electron chi connectivity index (χ3n) is 10.1. The maximum atomic E-state index is 17.2. The summed E-state index contributed by atoms with van der Waals surface area (Å²) in [5.41, 5.74) is 2.12. The summed E-state index contributed by atoms with van der Waals surface area (Å²) in [5, 5.41) is 26.7. The third kappa shape index (κ3) is 5.10. The second-order valence-corrected chi connectivity index (χ2v) is 14.2. The molecule has 8 rings (SSSR count). The molecular weight excluding hydrogens is 698 g/mol. The number of thiophene rings is 1. The first kappa shape index (κ1) is 33.0. The first-order valence-electron chi connectivity index (χ1n) is 16.0. The predicted octanol–water partition coefficient (Wildman–Crippen LogP) is 6.09. The zero-order valence-electron chi connectivity index (χ0n) is 26.7. The third-order valence-corrected chi connectivity index (χ3v) is 11.2. The van der Waals surface area contributed by atoms with Gasteiger partial charge in [-0.2, -0.15) is 33.7 Å². The van der Waals surface area contributed by atoms with E-state index < -0.39 is 57.8 Å². The highest BCUT2D eigenvalue weighted by atomic mass is 32.1. The van der Waals surface area contributed by atoms with Crippen LogP contribution in [-0.4, -0.2) is 67.3 Å². The van der Waals surface area contributed by atoms with Crippen molar-refractivity contribution in [3.8, 4) is 29.3 Å². The van der Waals surface area contributed by atoms with Crippen molar-refractivity contribution < 1.29 is 31.1 Å². The number of nitriles is 2. The minimum absolute atomic E-state index is 0.0114. The van der Waals surface area contributed by atoms with Crippen molar-refractivity contribution in [2.24, 2.45) is 0 Å². The van der Waals surface area contributed by atoms with Crippen molar-refractivity contribution in [3.05, 3.63) is 52.3 Å². The molecule has 11 nitrogen and oxygen atoms in total. The number of rotatable bonds is 5. The second-order valence-electron chi connectivity index (χ2n) is 13.1. The summed E-state index contributed by atoms with van der Waals surface area (Å²) in [6, 6.07) is 5.54. The van der Waals surface area contributed by atoms with E-state index in [2.05, 4.69) is 20.3 Å². The minimum Gasteiger partial charge on any atom is -0.461 e. The Morgan fingerprint density at radius 2 is 1.96 bits per heavy atom. The molecule has 0 radical (unpaired) electrons. The second kappa shape index (κ2) is 11.7. The Morgan fingerprint density at radius 3 is 2.71 bits per heavy atom. The van der Waals surface area contributed by atoms with Crippen LogP contribution in [0.2, 0.25) is 0 Å². The number of benzene rings is 2. The van der Waals surface area contributed by atoms with Crippen LogP contribution in [0.25, 0.3) is 32.1 Å². The van der Waals surface area contributed by atoms with Gasteiger partial charge in [0, 0.05) is 35.3 Å². The zero-order valence-corrected chi connectivity index (χ0v) is 27.5. The van der Waals surface area contributed by atoms with E-state index in [4.69, 9.17) is 10.5 Å². The predicted molar refractivity (Wildman–Crippen MR) is 173 cm³/mol. The molecule has 0 bridgehead atoms. The van der Waals surface area contributed by atoms with Crippen LogP contribution >= 0.6 is 11.3 Å². The molecule has 0 aliphatic carbocycles. The van der Waals surface area contributed by atoms with E-state index in [0.29, 0.717) is 30.0 Å². The van der Waals surface area contributed by atoms with Gasteiger partial charge in [-0.25, -0.2) is 17.9 Å². The lowest BCUT2D eigenvalue weighted by molar-refractivity contribution is -0.137. The Bertz CT molecular complexity index is 2350. The molecule has 5 aromatic rings. The van der Waals surface area contributed by atoms with Gasteiger partial charge in [-0.15, -0.1) is 16.4 Å². The van der Waals surface area contributed by atoms with E-state index in [0.717, 1.165) is 24.6 Å². The molecule has 0 saturated carbocycles. The lowest BCUT2D eigenvalue weighted by Gasteiger charge is -2.35. The maximum Gasteiger partial charge on any atom is 0.417 e. The van der Waals surface area contributed by atoms with Crippen molar-refractivity contribution in [1.29, 1.82) is 10.5 Å². The minimum atomic E-state index is -5.15. The molecule has 2 N–H and O–H groups in total. The van der Waals surface area contributed by atoms with Gasteiger partial charge in [-0.05, 0) is 44.0 Å². The molecule has 18 heteroatoms. The highest BCUT2D eigenvalue weighted by molar-refractivity contribution is 7.23. The Kier molecular flexibility index (Phi) is 7.55. The number of ether oxygens (including phenoxy) is 1. The average Bonchev–Trinajstić information content (AvgIpc) is 3.83. The number of nitrogen functional groups attached to an aromatic ring is 1. The van der Waals surface area contributed by atoms with Gasteiger partial charge in [-0.3, -0.25) is 4.90 Å². The summed E-state index contributed by atoms with van der Waals surface area (Å²) in [5.74, 6) is -2.35. The Labute approximate surface area is 289 Å². The molecule has 262 valence electrons. The molecule has 2 aromatic carbocycles. The standard InChI is InChI=1S/C33H26F6N10OS/c1-15-11-49-23(22(10-41)45-46-49)13-48(15)30-18-7-20(33(37,38)39)25(17-3-4-21(35)28-24(17)19(9-40)29(42)51-28)26(36)27(18)43-31(44-30)50-14-32-5-2-6-47(32)12-16(34)8-32/h3-4,7,15-16H,2,5-6,8,11-14,42H2,1H3/t15-,16+,32-/m0/s1. The van der Waals surface area contributed by atoms with Gasteiger partial charge in [0.15, 0.2) is 11.5 Å². The number of fused-ring (bicyclic) bond motifs is 4. The summed E-state index contributed by atoms with van der Waals surface area (Å²) < 4.78 is 99.2. The fraction of sp³-hybridized carbons (Fsp3) is 0.394. The van der Waals surface area contributed by atoms with E-state index in [1.807, 2.05) is 17.0 Å². The number of nitrogens with zero attached hydrogens (tertiary/aromatic N) is 9. The van der Waals surface area contributed by atoms with Gasteiger partial charge in [0.1, 0.15) is 47.1 Å². The largest absolute Gasteiger partial charge is 0.461 e. The van der Waals surface area contributed by atoms with Crippen LogP contribution in [0.1, 0.15) is 48.7 Å². The van der Waals surface area contributed by atoms with E-state index in [1.54, 1.807) is 11.8 Å². The van der Waals surface area contributed by atoms with Crippen molar-refractivity contribution >= 4 is 43.1 Å². The van der Waals surface area contributed by atoms with Crippen LogP contribution in [0.5, 0.6) is 6.01 Å². The fourth-order valence-corrected chi connectivity index (χ4v) is 8.74. The SMILES string of the molecule is C[C@H]1Cn2nnc(C#N)c2CN1c1nc(OC[C@@]23CCCN2C[C@H](F)C3)nc2c(F)c(-c3ccc(F)c4sc(N)c(C#N)c34)c(C(F)(F)F)cc12. The van der Waals surface area contributed by atoms with Crippen LogP contribution in [-0.2, 0) is 19.3 Å². The number of anilines is 2. The van der Waals surface area contributed by atoms with Crippen molar-refractivity contribution in [3.63, 3.8) is 0 Å². The summed E-state index contributed by atoms with van der Waals surface area (Å²) >= 11 is 0.668. The first-order valence-corrected chi connectivity index (χ1v) is 16.8. The first-order chi connectivity index (χ1) is 24.3. The van der Waals surface area contributed by atoms with Crippen molar-refractivity contribution in [2.45, 2.75) is 63.2 Å². The number of halogens is 6. The van der Waals surface area contributed by atoms with Crippen LogP contribution in [0, 0.1) is 34.3 Å². The van der Waals surface area contributed by atoms with E-state index in [1.165, 1.54) is 4.68 Å². The Morgan fingerprint density at radius 1 is 1.16 bits per heavy atom. The quantitative estimate of drug-likeness (QED) is 0.212. The highest BCUT2D eigenvalue weighted by Crippen LogP contribution is 2.48. The molecule has 0 amide bonds. The maximum absolute atomic E-state index is 17.2. The highest BCUT2D eigenvalue weighted by Gasteiger charge is 2.49. The Balaban J connectivity index is 1.37. The molecule has 2 fully saturated rings. The van der Waals surface area contributed by atoms with Crippen LogP contribution in [0.15, 0.2) is 18.2 Å². The number of hydrogen-bond donors (Lipinski definition) is 1. The van der Waals surface area contributed by atoms with Gasteiger partial charge in [0.2, 0.25) is 0 Å². The van der Waals surface area contributed by atoms with Crippen LogP contribution < -0.4 is 15.4 Å². The topological polar surface area (TPSA) is 146 Å². The molecule has 3 aliphatic heterocycles. The van der Waals surface area contributed by atoms with Gasteiger partial charge in [0.25, 0.3) is 0 Å². The van der Waals surface area contributed by atoms with Gasteiger partial charge in [0.05, 0.1) is 40.1 Å². The fourth-order valence-electron chi connectivity index (χ4n) is 7.79. The smallest absolute Gasteiger partial charge is 0.417 e. The summed E-state index contributed by atoms with van der Waals surface area (Å²) in [6.07, 6.45) is -4.54. The molecule has 51 heavy (non-hydrogen) atoms. The van der Waals surface area contributed by atoms with Crippen LogP contribution in [0.3, 0.4) is 0 Å². The van der Waals surface area contributed by atoms with Crippen LogP contribution in [0.4, 0.5) is 37.2 Å². The molecule has 2 saturated heterocycles. The Hall–Kier alpha value is -5.20. The van der Waals surface area contributed by atoms with E-state index >= 15 is 17.6 Å². The molecule has 6 heterocycles. The molecule has 0 unspecified atom stereocenters. The van der Waals surface area contributed by atoms with Gasteiger partial charge in [-0.1, -0.05) is 11.3 Å². The van der Waals surface area contributed by atoms with Gasteiger partial charge >= 0.3 is 12.2 Å². The molecule has 0 spiro atoms. The molecule has 3 atom stereocenters. The number of aromatic nitrogens is 5. The lowest BCUT2D eigenvalue weighted by atomic mass is 9.92. The number of hydrogen-bond acceptors (Lipinski definition) is 11. The lowest BCUT2D eigenvalue weighted by Crippen LogP contribution is -2.44. The summed E-state index contributed by atoms with van der Waals surface area (Å²) in [6.45, 7) is 2.74. The van der Waals surface area contributed by atoms with E-state index in [9.17, 15) is 19.3 Å².